The largest absolute Gasteiger partial charge is 0.456 e. The third-order valence-corrected chi connectivity index (χ3v) is 5.96. The second kappa shape index (κ2) is 5.39. The molecule has 6 rings (SSSR count). The topological polar surface area (TPSA) is 26.3 Å². The maximum absolute atomic E-state index is 6.36. The van der Waals surface area contributed by atoms with Crippen LogP contribution in [0.25, 0.3) is 54.6 Å². The molecule has 0 fully saturated rings. The molecule has 0 amide bonds. The molecule has 0 atom stereocenters. The average Bonchev–Trinajstić information content (AvgIpc) is 3.23. The number of furan rings is 2. The summed E-state index contributed by atoms with van der Waals surface area (Å²) >= 11 is 0. The van der Waals surface area contributed by atoms with E-state index >= 15 is 0 Å². The number of fused-ring (bicyclic) bond motifs is 8. The summed E-state index contributed by atoms with van der Waals surface area (Å²) in [4.78, 5) is 0. The first-order valence-electron chi connectivity index (χ1n) is 9.81. The van der Waals surface area contributed by atoms with Gasteiger partial charge in [-0.3, -0.25) is 0 Å². The Morgan fingerprint density at radius 3 is 2.11 bits per heavy atom. The number of benzene rings is 4. The molecule has 28 heavy (non-hydrogen) atoms. The van der Waals surface area contributed by atoms with E-state index in [2.05, 4.69) is 81.4 Å². The maximum atomic E-state index is 6.36. The first-order chi connectivity index (χ1) is 13.6. The highest BCUT2D eigenvalue weighted by atomic mass is 16.3. The van der Waals surface area contributed by atoms with E-state index in [-0.39, 0.29) is 0 Å². The summed E-state index contributed by atoms with van der Waals surface area (Å²) in [5.41, 5.74) is 6.29. The normalized spacial score (nSPS) is 12.4. The Kier molecular flexibility index (Phi) is 3.03. The van der Waals surface area contributed by atoms with Crippen molar-refractivity contribution in [3.8, 4) is 0 Å². The van der Waals surface area contributed by atoms with E-state index in [9.17, 15) is 0 Å². The fraction of sp³-hybridized carbons (Fsp3) is 0.154. The van der Waals surface area contributed by atoms with Crippen LogP contribution < -0.4 is 0 Å². The maximum Gasteiger partial charge on any atom is 0.143 e. The van der Waals surface area contributed by atoms with Crippen LogP contribution in [0.3, 0.4) is 0 Å². The molecule has 136 valence electrons. The van der Waals surface area contributed by atoms with E-state index in [1.54, 1.807) is 0 Å². The minimum absolute atomic E-state index is 0.416. The lowest BCUT2D eigenvalue weighted by Gasteiger charge is -2.09. The molecule has 0 N–H and O–H groups in total. The van der Waals surface area contributed by atoms with Crippen LogP contribution >= 0.6 is 0 Å². The minimum Gasteiger partial charge on any atom is -0.456 e. The first kappa shape index (κ1) is 15.8. The minimum atomic E-state index is 0.416. The van der Waals surface area contributed by atoms with E-state index in [0.717, 1.165) is 43.9 Å². The van der Waals surface area contributed by atoms with Gasteiger partial charge >= 0.3 is 0 Å². The van der Waals surface area contributed by atoms with Crippen LogP contribution in [-0.2, 0) is 0 Å². The highest BCUT2D eigenvalue weighted by Crippen LogP contribution is 2.40. The van der Waals surface area contributed by atoms with Crippen molar-refractivity contribution in [2.75, 3.05) is 0 Å². The zero-order chi connectivity index (χ0) is 19.0. The fourth-order valence-corrected chi connectivity index (χ4v) is 4.67. The summed E-state index contributed by atoms with van der Waals surface area (Å²) in [6.45, 7) is 6.60. The van der Waals surface area contributed by atoms with Gasteiger partial charge in [-0.2, -0.15) is 0 Å². The molecule has 0 saturated carbocycles. The standard InChI is InChI=1S/C26H20O2/c1-14(2)24-15(3)8-10-19-21-12-20-18-11-9-16-6-4-5-7-17(16)25(18)27-22(20)13-23(21)28-26(19)24/h4-14H,1-3H3. The van der Waals surface area contributed by atoms with Gasteiger partial charge in [0.25, 0.3) is 0 Å². The van der Waals surface area contributed by atoms with Gasteiger partial charge < -0.3 is 8.83 Å². The van der Waals surface area contributed by atoms with Gasteiger partial charge in [0.1, 0.15) is 22.3 Å². The molecule has 0 bridgehead atoms. The molecule has 0 aliphatic rings. The van der Waals surface area contributed by atoms with E-state index in [1.165, 1.54) is 21.9 Å². The Labute approximate surface area is 162 Å². The van der Waals surface area contributed by atoms with Crippen molar-refractivity contribution < 1.29 is 8.83 Å². The Balaban J connectivity index is 1.76. The summed E-state index contributed by atoms with van der Waals surface area (Å²) in [6, 6.07) is 21.4. The third kappa shape index (κ3) is 1.98. The highest BCUT2D eigenvalue weighted by Gasteiger charge is 2.18. The van der Waals surface area contributed by atoms with Gasteiger partial charge in [-0.15, -0.1) is 0 Å². The van der Waals surface area contributed by atoms with Crippen LogP contribution in [0.5, 0.6) is 0 Å². The van der Waals surface area contributed by atoms with Crippen molar-refractivity contribution in [1.29, 1.82) is 0 Å². The number of hydrogen-bond acceptors (Lipinski definition) is 2. The van der Waals surface area contributed by atoms with Crippen molar-refractivity contribution in [3.63, 3.8) is 0 Å². The van der Waals surface area contributed by atoms with Gasteiger partial charge in [0.15, 0.2) is 0 Å². The quantitative estimate of drug-likeness (QED) is 0.295. The van der Waals surface area contributed by atoms with Crippen molar-refractivity contribution in [1.82, 2.24) is 0 Å². The molecule has 0 radical (unpaired) electrons. The molecule has 0 aliphatic heterocycles. The molecule has 2 aromatic heterocycles. The predicted octanol–water partition coefficient (Wildman–Crippen LogP) is 8.07. The zero-order valence-corrected chi connectivity index (χ0v) is 16.2. The van der Waals surface area contributed by atoms with Crippen molar-refractivity contribution in [2.24, 2.45) is 0 Å². The highest BCUT2D eigenvalue weighted by molar-refractivity contribution is 6.19. The van der Waals surface area contributed by atoms with Crippen molar-refractivity contribution in [3.05, 3.63) is 71.8 Å². The van der Waals surface area contributed by atoms with Gasteiger partial charge in [-0.05, 0) is 35.9 Å². The molecular weight excluding hydrogens is 344 g/mol. The molecule has 0 saturated heterocycles. The number of hydrogen-bond donors (Lipinski definition) is 0. The van der Waals surface area contributed by atoms with E-state index < -0.39 is 0 Å². The molecule has 0 unspecified atom stereocenters. The predicted molar refractivity (Wildman–Crippen MR) is 117 cm³/mol. The SMILES string of the molecule is Cc1ccc2c(oc3cc4oc5c6ccccc6ccc5c4cc32)c1C(C)C. The van der Waals surface area contributed by atoms with Crippen LogP contribution in [-0.4, -0.2) is 0 Å². The lowest BCUT2D eigenvalue weighted by atomic mass is 9.95. The van der Waals surface area contributed by atoms with Gasteiger partial charge in [0.05, 0.1) is 0 Å². The summed E-state index contributed by atoms with van der Waals surface area (Å²) < 4.78 is 12.7. The monoisotopic (exact) mass is 364 g/mol. The fourth-order valence-electron chi connectivity index (χ4n) is 4.67. The second-order valence-electron chi connectivity index (χ2n) is 8.04. The summed E-state index contributed by atoms with van der Waals surface area (Å²) in [5.74, 6) is 0.416. The lowest BCUT2D eigenvalue weighted by Crippen LogP contribution is -1.92. The summed E-state index contributed by atoms with van der Waals surface area (Å²) in [7, 11) is 0. The molecule has 6 aromatic rings. The summed E-state index contributed by atoms with van der Waals surface area (Å²) in [6.07, 6.45) is 0. The molecule has 0 aliphatic carbocycles. The van der Waals surface area contributed by atoms with E-state index in [1.807, 2.05) is 0 Å². The van der Waals surface area contributed by atoms with Crippen LogP contribution in [0.2, 0.25) is 0 Å². The van der Waals surface area contributed by atoms with Crippen LogP contribution in [0.4, 0.5) is 0 Å². The van der Waals surface area contributed by atoms with Crippen LogP contribution in [0.1, 0.15) is 30.9 Å². The average molecular weight is 364 g/mol. The molecular formula is C26H20O2. The van der Waals surface area contributed by atoms with E-state index in [4.69, 9.17) is 8.83 Å². The first-order valence-corrected chi connectivity index (χ1v) is 9.81. The zero-order valence-electron chi connectivity index (χ0n) is 16.2. The Morgan fingerprint density at radius 2 is 1.32 bits per heavy atom. The smallest absolute Gasteiger partial charge is 0.143 e. The van der Waals surface area contributed by atoms with Gasteiger partial charge in [-0.1, -0.05) is 56.3 Å². The second-order valence-corrected chi connectivity index (χ2v) is 8.04. The number of aryl methyl sites for hydroxylation is 1. The molecule has 0 spiro atoms. The third-order valence-electron chi connectivity index (χ3n) is 5.96. The molecule has 2 heterocycles. The van der Waals surface area contributed by atoms with Gasteiger partial charge in [0.2, 0.25) is 0 Å². The van der Waals surface area contributed by atoms with Gasteiger partial charge in [-0.25, -0.2) is 0 Å². The van der Waals surface area contributed by atoms with Crippen molar-refractivity contribution >= 4 is 54.6 Å². The lowest BCUT2D eigenvalue weighted by molar-refractivity contribution is 0.649. The van der Waals surface area contributed by atoms with Crippen LogP contribution in [0, 0.1) is 6.92 Å². The van der Waals surface area contributed by atoms with E-state index in [0.29, 0.717) is 5.92 Å². The molecule has 2 nitrogen and oxygen atoms in total. The molecule has 2 heteroatoms. The Hall–Kier alpha value is -3.26. The Bertz CT molecular complexity index is 1540. The Morgan fingerprint density at radius 1 is 0.643 bits per heavy atom. The van der Waals surface area contributed by atoms with Gasteiger partial charge in [0, 0.05) is 38.6 Å². The summed E-state index contributed by atoms with van der Waals surface area (Å²) in [5, 5.41) is 6.97. The number of rotatable bonds is 1. The van der Waals surface area contributed by atoms with Crippen molar-refractivity contribution in [2.45, 2.75) is 26.7 Å². The molecule has 4 aromatic carbocycles. The van der Waals surface area contributed by atoms with Crippen LogP contribution in [0.15, 0.2) is 69.5 Å².